The van der Waals surface area contributed by atoms with Crippen LogP contribution in [0.2, 0.25) is 0 Å². The van der Waals surface area contributed by atoms with Gasteiger partial charge in [-0.1, -0.05) is 6.07 Å². The van der Waals surface area contributed by atoms with Crippen molar-refractivity contribution in [3.63, 3.8) is 0 Å². The van der Waals surface area contributed by atoms with Gasteiger partial charge in [0.2, 0.25) is 0 Å². The molecule has 18 heavy (non-hydrogen) atoms. The lowest BCUT2D eigenvalue weighted by molar-refractivity contribution is 0.193. The van der Waals surface area contributed by atoms with Crippen LogP contribution in [-0.4, -0.2) is 32.3 Å². The highest BCUT2D eigenvalue weighted by Crippen LogP contribution is 2.24. The Balaban J connectivity index is 2.13. The maximum atomic E-state index is 14.1. The van der Waals surface area contributed by atoms with Crippen molar-refractivity contribution >= 4 is 5.69 Å². The van der Waals surface area contributed by atoms with E-state index in [2.05, 4.69) is 0 Å². The van der Waals surface area contributed by atoms with Gasteiger partial charge in [-0.15, -0.1) is 0 Å². The quantitative estimate of drug-likeness (QED) is 0.890. The van der Waals surface area contributed by atoms with E-state index in [1.165, 1.54) is 0 Å². The molecule has 2 atom stereocenters. The molecule has 1 aromatic carbocycles. The molecule has 3 nitrogen and oxygen atoms in total. The summed E-state index contributed by atoms with van der Waals surface area (Å²) < 4.78 is 19.4. The van der Waals surface area contributed by atoms with Crippen molar-refractivity contribution in [3.05, 3.63) is 29.6 Å². The van der Waals surface area contributed by atoms with Gasteiger partial charge in [0.1, 0.15) is 5.82 Å². The topological polar surface area (TPSA) is 38.5 Å². The average molecular weight is 252 g/mol. The fourth-order valence-corrected chi connectivity index (χ4v) is 2.36. The lowest BCUT2D eigenvalue weighted by Gasteiger charge is -2.26. The molecule has 1 heterocycles. The highest BCUT2D eigenvalue weighted by molar-refractivity contribution is 5.49. The largest absolute Gasteiger partial charge is 0.379 e. The predicted molar refractivity (Wildman–Crippen MR) is 71.4 cm³/mol. The summed E-state index contributed by atoms with van der Waals surface area (Å²) in [6.45, 7) is 3.37. The van der Waals surface area contributed by atoms with Gasteiger partial charge in [-0.25, -0.2) is 4.39 Å². The predicted octanol–water partition coefficient (Wildman–Crippen LogP) is 1.94. The smallest absolute Gasteiger partial charge is 0.146 e. The number of nitrogens with zero attached hydrogens (tertiary/aromatic N) is 1. The molecule has 0 aliphatic carbocycles. The molecule has 2 N–H and O–H groups in total. The summed E-state index contributed by atoms with van der Waals surface area (Å²) in [5.41, 5.74) is 7.31. The minimum Gasteiger partial charge on any atom is -0.379 e. The standard InChI is InChI=1S/C14H21FN2O/c1-10(16)7-11-3-4-14(13(15)8-11)17(2)12-5-6-18-9-12/h3-4,8,10,12H,5-7,9,16H2,1-2H3. The van der Waals surface area contributed by atoms with Gasteiger partial charge in [0.05, 0.1) is 18.3 Å². The zero-order valence-corrected chi connectivity index (χ0v) is 11.0. The van der Waals surface area contributed by atoms with E-state index in [-0.39, 0.29) is 17.9 Å². The average Bonchev–Trinajstić information content (AvgIpc) is 2.80. The summed E-state index contributed by atoms with van der Waals surface area (Å²) >= 11 is 0. The normalized spacial score (nSPS) is 21.0. The molecular weight excluding hydrogens is 231 g/mol. The van der Waals surface area contributed by atoms with E-state index in [1.807, 2.05) is 31.0 Å². The third-order valence-electron chi connectivity index (χ3n) is 3.40. The zero-order chi connectivity index (χ0) is 13.1. The first-order valence-electron chi connectivity index (χ1n) is 6.42. The maximum Gasteiger partial charge on any atom is 0.146 e. The molecule has 100 valence electrons. The van der Waals surface area contributed by atoms with E-state index in [4.69, 9.17) is 10.5 Å². The van der Waals surface area contributed by atoms with Gasteiger partial charge in [0.25, 0.3) is 0 Å². The van der Waals surface area contributed by atoms with Crippen LogP contribution >= 0.6 is 0 Å². The van der Waals surface area contributed by atoms with E-state index in [9.17, 15) is 4.39 Å². The molecule has 2 unspecified atom stereocenters. The fourth-order valence-electron chi connectivity index (χ4n) is 2.36. The third kappa shape index (κ3) is 3.00. The van der Waals surface area contributed by atoms with Crippen LogP contribution in [-0.2, 0) is 11.2 Å². The summed E-state index contributed by atoms with van der Waals surface area (Å²) in [5.74, 6) is -0.178. The van der Waals surface area contributed by atoms with E-state index in [1.54, 1.807) is 6.07 Å². The molecule has 4 heteroatoms. The first-order valence-corrected chi connectivity index (χ1v) is 6.42. The number of halogens is 1. The molecule has 0 amide bonds. The van der Waals surface area contributed by atoms with Crippen molar-refractivity contribution in [3.8, 4) is 0 Å². The van der Waals surface area contributed by atoms with Crippen LogP contribution in [0.4, 0.5) is 10.1 Å². The lowest BCUT2D eigenvalue weighted by Crippen LogP contribution is -2.32. The molecule has 1 saturated heterocycles. The van der Waals surface area contributed by atoms with Crippen LogP contribution in [0.25, 0.3) is 0 Å². The highest BCUT2D eigenvalue weighted by atomic mass is 19.1. The monoisotopic (exact) mass is 252 g/mol. The van der Waals surface area contributed by atoms with E-state index < -0.39 is 0 Å². The van der Waals surface area contributed by atoms with Crippen LogP contribution in [0.3, 0.4) is 0 Å². The van der Waals surface area contributed by atoms with Gasteiger partial charge in [-0.2, -0.15) is 0 Å². The van der Waals surface area contributed by atoms with E-state index in [0.717, 1.165) is 18.6 Å². The number of likely N-dealkylation sites (N-methyl/N-ethyl adjacent to an activating group) is 1. The first kappa shape index (κ1) is 13.3. The van der Waals surface area contributed by atoms with E-state index in [0.29, 0.717) is 18.7 Å². The van der Waals surface area contributed by atoms with Gasteiger partial charge in [-0.3, -0.25) is 0 Å². The van der Waals surface area contributed by atoms with Gasteiger partial charge in [0, 0.05) is 19.7 Å². The molecule has 0 bridgehead atoms. The van der Waals surface area contributed by atoms with Gasteiger partial charge < -0.3 is 15.4 Å². The zero-order valence-electron chi connectivity index (χ0n) is 11.0. The van der Waals surface area contributed by atoms with Gasteiger partial charge in [0.15, 0.2) is 0 Å². The van der Waals surface area contributed by atoms with Crippen LogP contribution in [0, 0.1) is 5.82 Å². The van der Waals surface area contributed by atoms with Gasteiger partial charge >= 0.3 is 0 Å². The number of nitrogens with two attached hydrogens (primary N) is 1. The van der Waals surface area contributed by atoms with Crippen molar-refractivity contribution in [2.45, 2.75) is 31.8 Å². The van der Waals surface area contributed by atoms with Crippen LogP contribution in [0.5, 0.6) is 0 Å². The Morgan fingerprint density at radius 3 is 2.89 bits per heavy atom. The van der Waals surface area contributed by atoms with Crippen LogP contribution < -0.4 is 10.6 Å². The second kappa shape index (κ2) is 5.67. The van der Waals surface area contributed by atoms with Crippen molar-refractivity contribution in [2.75, 3.05) is 25.2 Å². The molecule has 0 aromatic heterocycles. The Bertz CT molecular complexity index is 403. The minimum absolute atomic E-state index is 0.0520. The fraction of sp³-hybridized carbons (Fsp3) is 0.571. The molecule has 0 saturated carbocycles. The molecule has 0 spiro atoms. The van der Waals surface area contributed by atoms with Crippen molar-refractivity contribution in [1.29, 1.82) is 0 Å². The van der Waals surface area contributed by atoms with E-state index >= 15 is 0 Å². The minimum atomic E-state index is -0.178. The maximum absolute atomic E-state index is 14.1. The van der Waals surface area contributed by atoms with Crippen molar-refractivity contribution in [1.82, 2.24) is 0 Å². The molecule has 1 aliphatic rings. The highest BCUT2D eigenvalue weighted by Gasteiger charge is 2.22. The number of ether oxygens (including phenoxy) is 1. The first-order chi connectivity index (χ1) is 8.58. The number of anilines is 1. The summed E-state index contributed by atoms with van der Waals surface area (Å²) in [4.78, 5) is 1.97. The third-order valence-corrected chi connectivity index (χ3v) is 3.40. The summed E-state index contributed by atoms with van der Waals surface area (Å²) in [6.07, 6.45) is 1.66. The second-order valence-electron chi connectivity index (χ2n) is 5.10. The second-order valence-corrected chi connectivity index (χ2v) is 5.10. The molecule has 1 aromatic rings. The van der Waals surface area contributed by atoms with Crippen LogP contribution in [0.1, 0.15) is 18.9 Å². The van der Waals surface area contributed by atoms with Crippen LogP contribution in [0.15, 0.2) is 18.2 Å². The lowest BCUT2D eigenvalue weighted by atomic mass is 10.1. The summed E-state index contributed by atoms with van der Waals surface area (Å²) in [5, 5.41) is 0. The number of rotatable bonds is 4. The Hall–Kier alpha value is -1.13. The number of hydrogen-bond acceptors (Lipinski definition) is 3. The van der Waals surface area contributed by atoms with Crippen molar-refractivity contribution in [2.24, 2.45) is 5.73 Å². The molecule has 2 rings (SSSR count). The Labute approximate surface area is 108 Å². The summed E-state index contributed by atoms with van der Waals surface area (Å²) in [7, 11) is 1.92. The summed E-state index contributed by atoms with van der Waals surface area (Å²) in [6, 6.07) is 5.71. The SMILES string of the molecule is CC(N)Cc1ccc(N(C)C2CCOC2)c(F)c1. The number of hydrogen-bond donors (Lipinski definition) is 1. The Morgan fingerprint density at radius 2 is 2.33 bits per heavy atom. The molecular formula is C14H21FN2O. The molecule has 0 radical (unpaired) electrons. The van der Waals surface area contributed by atoms with Gasteiger partial charge in [-0.05, 0) is 37.5 Å². The molecule has 1 aliphatic heterocycles. The Kier molecular flexibility index (Phi) is 4.19. The Morgan fingerprint density at radius 1 is 1.56 bits per heavy atom. The molecule has 1 fully saturated rings. The number of benzene rings is 1. The van der Waals surface area contributed by atoms with Crippen molar-refractivity contribution < 1.29 is 9.13 Å².